The van der Waals surface area contributed by atoms with Crippen LogP contribution in [0.3, 0.4) is 0 Å². The molecule has 2 nitrogen and oxygen atoms in total. The minimum absolute atomic E-state index is 0.224. The molecule has 0 radical (unpaired) electrons. The second-order valence-electron chi connectivity index (χ2n) is 6.51. The van der Waals surface area contributed by atoms with Crippen LogP contribution in [-0.4, -0.2) is 41.1 Å². The standard InChI is InChI=1S/C16H15F9O2/c1-3-27-10-6-4-9(5-7-10)11(2,26)8-12(17)13(18,19)15(22,23)16(24,25)14(12,20)21/h4-7,26H,3,8H2,1-2H3. The van der Waals surface area contributed by atoms with Gasteiger partial charge >= 0.3 is 23.7 Å². The van der Waals surface area contributed by atoms with Crippen LogP contribution in [0.15, 0.2) is 24.3 Å². The minimum atomic E-state index is -6.66. The van der Waals surface area contributed by atoms with E-state index >= 15 is 0 Å². The van der Waals surface area contributed by atoms with Crippen molar-refractivity contribution < 1.29 is 49.4 Å². The van der Waals surface area contributed by atoms with Crippen molar-refractivity contribution in [2.24, 2.45) is 0 Å². The smallest absolute Gasteiger partial charge is 0.381 e. The van der Waals surface area contributed by atoms with Crippen LogP contribution in [0.25, 0.3) is 0 Å². The van der Waals surface area contributed by atoms with Gasteiger partial charge in [0, 0.05) is 6.42 Å². The SMILES string of the molecule is CCOc1ccc(C(C)(O)CC2(F)C(F)(F)C(F)(F)C(F)(F)C2(F)F)cc1. The van der Waals surface area contributed by atoms with Crippen molar-refractivity contribution in [2.75, 3.05) is 6.61 Å². The van der Waals surface area contributed by atoms with Crippen LogP contribution in [-0.2, 0) is 5.60 Å². The van der Waals surface area contributed by atoms with Gasteiger partial charge in [-0.15, -0.1) is 0 Å². The molecule has 0 spiro atoms. The topological polar surface area (TPSA) is 29.5 Å². The number of benzene rings is 1. The predicted molar refractivity (Wildman–Crippen MR) is 75.4 cm³/mol. The van der Waals surface area contributed by atoms with Gasteiger partial charge in [0.05, 0.1) is 12.2 Å². The zero-order valence-corrected chi connectivity index (χ0v) is 14.0. The molecule has 1 N–H and O–H groups in total. The number of hydrogen-bond acceptors (Lipinski definition) is 2. The van der Waals surface area contributed by atoms with Gasteiger partial charge in [-0.05, 0) is 31.5 Å². The van der Waals surface area contributed by atoms with Gasteiger partial charge in [0.15, 0.2) is 0 Å². The molecular weight excluding hydrogens is 395 g/mol. The third kappa shape index (κ3) is 2.60. The average molecular weight is 410 g/mol. The monoisotopic (exact) mass is 410 g/mol. The summed E-state index contributed by atoms with van der Waals surface area (Å²) in [6, 6.07) is 4.31. The average Bonchev–Trinajstić information content (AvgIpc) is 2.58. The Morgan fingerprint density at radius 2 is 1.22 bits per heavy atom. The van der Waals surface area contributed by atoms with Gasteiger partial charge in [-0.1, -0.05) is 12.1 Å². The molecule has 0 aromatic heterocycles. The van der Waals surface area contributed by atoms with Gasteiger partial charge in [-0.2, -0.15) is 35.1 Å². The predicted octanol–water partition coefficient (Wildman–Crippen LogP) is 4.95. The zero-order valence-electron chi connectivity index (χ0n) is 14.0. The van der Waals surface area contributed by atoms with E-state index in [1.807, 2.05) is 0 Å². The summed E-state index contributed by atoms with van der Waals surface area (Å²) in [5, 5.41) is 10.2. The third-order valence-electron chi connectivity index (χ3n) is 4.55. The molecule has 1 fully saturated rings. The number of halogens is 9. The highest BCUT2D eigenvalue weighted by Gasteiger charge is 3.00. The molecule has 1 atom stereocenters. The van der Waals surface area contributed by atoms with Crippen molar-refractivity contribution in [3.8, 4) is 5.75 Å². The molecule has 0 heterocycles. The van der Waals surface area contributed by atoms with Crippen molar-refractivity contribution in [1.82, 2.24) is 0 Å². The lowest BCUT2D eigenvalue weighted by Crippen LogP contribution is -2.57. The van der Waals surface area contributed by atoms with Crippen molar-refractivity contribution >= 4 is 0 Å². The molecule has 11 heteroatoms. The van der Waals surface area contributed by atoms with Crippen LogP contribution in [0.4, 0.5) is 39.5 Å². The number of alkyl halides is 9. The summed E-state index contributed by atoms with van der Waals surface area (Å²) in [5.41, 5.74) is -9.05. The summed E-state index contributed by atoms with van der Waals surface area (Å²) in [6.45, 7) is 2.43. The molecule has 0 bridgehead atoms. The van der Waals surface area contributed by atoms with E-state index < -0.39 is 46.9 Å². The Bertz CT molecular complexity index is 672. The van der Waals surface area contributed by atoms with Gasteiger partial charge in [-0.25, -0.2) is 4.39 Å². The molecule has 2 rings (SSSR count). The fourth-order valence-corrected chi connectivity index (χ4v) is 2.96. The van der Waals surface area contributed by atoms with Gasteiger partial charge in [-0.3, -0.25) is 0 Å². The largest absolute Gasteiger partial charge is 0.494 e. The minimum Gasteiger partial charge on any atom is -0.494 e. The Hall–Kier alpha value is -1.65. The first-order chi connectivity index (χ1) is 12.0. The fraction of sp³-hybridized carbons (Fsp3) is 0.625. The van der Waals surface area contributed by atoms with Crippen molar-refractivity contribution in [2.45, 2.75) is 55.2 Å². The quantitative estimate of drug-likeness (QED) is 0.697. The second-order valence-corrected chi connectivity index (χ2v) is 6.51. The molecule has 154 valence electrons. The van der Waals surface area contributed by atoms with E-state index in [9.17, 15) is 44.6 Å². The Morgan fingerprint density at radius 1 is 0.815 bits per heavy atom. The van der Waals surface area contributed by atoms with E-state index in [1.165, 1.54) is 12.1 Å². The van der Waals surface area contributed by atoms with E-state index in [-0.39, 0.29) is 12.4 Å². The molecule has 1 aromatic rings. The van der Waals surface area contributed by atoms with E-state index in [0.29, 0.717) is 6.92 Å². The lowest BCUT2D eigenvalue weighted by molar-refractivity contribution is -0.303. The van der Waals surface area contributed by atoms with Crippen LogP contribution in [0, 0.1) is 0 Å². The van der Waals surface area contributed by atoms with E-state index in [0.717, 1.165) is 12.1 Å². The maximum atomic E-state index is 14.6. The maximum absolute atomic E-state index is 14.6. The normalized spacial score (nSPS) is 26.4. The van der Waals surface area contributed by atoms with E-state index in [4.69, 9.17) is 4.74 Å². The highest BCUT2D eigenvalue weighted by molar-refractivity contribution is 5.33. The summed E-state index contributed by atoms with van der Waals surface area (Å²) >= 11 is 0. The number of ether oxygens (including phenoxy) is 1. The highest BCUT2D eigenvalue weighted by atomic mass is 19.4. The lowest BCUT2D eigenvalue weighted by Gasteiger charge is -2.36. The summed E-state index contributed by atoms with van der Waals surface area (Å²) in [5.74, 6) is -26.0. The molecule has 1 saturated carbocycles. The molecular formula is C16H15F9O2. The summed E-state index contributed by atoms with van der Waals surface area (Å²) in [7, 11) is 0. The summed E-state index contributed by atoms with van der Waals surface area (Å²) in [4.78, 5) is 0. The Balaban J connectivity index is 2.49. The number of hydrogen-bond donors (Lipinski definition) is 1. The van der Waals surface area contributed by atoms with Crippen LogP contribution in [0.5, 0.6) is 5.75 Å². The molecule has 1 aliphatic rings. The summed E-state index contributed by atoms with van der Waals surface area (Å²) in [6.07, 6.45) is -2.40. The first-order valence-electron chi connectivity index (χ1n) is 7.65. The Morgan fingerprint density at radius 3 is 1.59 bits per heavy atom. The molecule has 0 saturated heterocycles. The third-order valence-corrected chi connectivity index (χ3v) is 4.55. The molecule has 1 unspecified atom stereocenters. The van der Waals surface area contributed by atoms with Gasteiger partial charge < -0.3 is 9.84 Å². The van der Waals surface area contributed by atoms with Crippen LogP contribution in [0.2, 0.25) is 0 Å². The van der Waals surface area contributed by atoms with Crippen molar-refractivity contribution in [1.29, 1.82) is 0 Å². The van der Waals surface area contributed by atoms with Crippen LogP contribution < -0.4 is 4.74 Å². The van der Waals surface area contributed by atoms with Gasteiger partial charge in [0.2, 0.25) is 0 Å². The molecule has 0 amide bonds. The van der Waals surface area contributed by atoms with Gasteiger partial charge in [0.1, 0.15) is 5.75 Å². The maximum Gasteiger partial charge on any atom is 0.381 e. The van der Waals surface area contributed by atoms with Gasteiger partial charge in [0.25, 0.3) is 5.67 Å². The molecule has 1 aliphatic carbocycles. The molecule has 27 heavy (non-hydrogen) atoms. The van der Waals surface area contributed by atoms with Crippen LogP contribution >= 0.6 is 0 Å². The number of aliphatic hydroxyl groups is 1. The van der Waals surface area contributed by atoms with Crippen LogP contribution in [0.1, 0.15) is 25.8 Å². The lowest BCUT2D eigenvalue weighted by atomic mass is 9.80. The molecule has 1 aromatic carbocycles. The van der Waals surface area contributed by atoms with E-state index in [1.54, 1.807) is 6.92 Å². The first-order valence-corrected chi connectivity index (χ1v) is 7.65. The summed E-state index contributed by atoms with van der Waals surface area (Å²) < 4.78 is 128. The Kier molecular flexibility index (Phi) is 4.75. The molecule has 0 aliphatic heterocycles. The second kappa shape index (κ2) is 5.92. The highest BCUT2D eigenvalue weighted by Crippen LogP contribution is 2.70. The van der Waals surface area contributed by atoms with Crippen molar-refractivity contribution in [3.05, 3.63) is 29.8 Å². The van der Waals surface area contributed by atoms with E-state index in [2.05, 4.69) is 0 Å². The zero-order chi connectivity index (χ0) is 21.1. The van der Waals surface area contributed by atoms with Crippen molar-refractivity contribution in [3.63, 3.8) is 0 Å². The fourth-order valence-electron chi connectivity index (χ4n) is 2.96. The number of rotatable bonds is 5. The Labute approximate surface area is 147 Å². The first kappa shape index (κ1) is 21.6.